The first-order valence-corrected chi connectivity index (χ1v) is 10.3. The molecule has 0 saturated heterocycles. The lowest BCUT2D eigenvalue weighted by molar-refractivity contribution is -0.118. The van der Waals surface area contributed by atoms with Crippen molar-refractivity contribution < 1.29 is 23.8 Å². The smallest absolute Gasteiger partial charge is 0.262 e. The highest BCUT2D eigenvalue weighted by molar-refractivity contribution is 6.06. The molecule has 0 aliphatic carbocycles. The molecule has 0 aliphatic heterocycles. The Morgan fingerprint density at radius 2 is 1.50 bits per heavy atom. The minimum Gasteiger partial charge on any atom is -0.496 e. The van der Waals surface area contributed by atoms with E-state index in [9.17, 15) is 9.59 Å². The first-order chi connectivity index (χ1) is 15.6. The SMILES string of the molecule is CCCOc1ccccc1NC(=O)COc1ccc(NC(=O)c2ccccc2OC)cc1. The average molecular weight is 434 g/mol. The fraction of sp³-hybridized carbons (Fsp3) is 0.200. The van der Waals surface area contributed by atoms with Crippen molar-refractivity contribution >= 4 is 23.2 Å². The lowest BCUT2D eigenvalue weighted by Crippen LogP contribution is -2.20. The van der Waals surface area contributed by atoms with Crippen LogP contribution in [0.3, 0.4) is 0 Å². The highest BCUT2D eigenvalue weighted by Gasteiger charge is 2.12. The van der Waals surface area contributed by atoms with Crippen LogP contribution in [0.25, 0.3) is 0 Å². The number of para-hydroxylation sites is 3. The highest BCUT2D eigenvalue weighted by Crippen LogP contribution is 2.24. The minimum atomic E-state index is -0.300. The molecule has 3 rings (SSSR count). The van der Waals surface area contributed by atoms with Crippen molar-refractivity contribution in [2.45, 2.75) is 13.3 Å². The molecule has 0 fully saturated rings. The van der Waals surface area contributed by atoms with Crippen LogP contribution in [0.5, 0.6) is 17.2 Å². The third kappa shape index (κ3) is 6.25. The Morgan fingerprint density at radius 1 is 0.812 bits per heavy atom. The molecule has 2 N–H and O–H groups in total. The number of benzene rings is 3. The average Bonchev–Trinajstić information content (AvgIpc) is 2.83. The quantitative estimate of drug-likeness (QED) is 0.481. The van der Waals surface area contributed by atoms with Crippen LogP contribution in [0.4, 0.5) is 11.4 Å². The van der Waals surface area contributed by atoms with Gasteiger partial charge >= 0.3 is 0 Å². The Kier molecular flexibility index (Phi) is 8.09. The molecule has 3 aromatic carbocycles. The standard InChI is InChI=1S/C25H26N2O5/c1-3-16-31-23-11-7-5-9-21(23)27-24(28)17-32-19-14-12-18(13-15-19)26-25(29)20-8-4-6-10-22(20)30-2/h4-15H,3,16-17H2,1-2H3,(H,26,29)(H,27,28). The third-order valence-corrected chi connectivity index (χ3v) is 4.46. The van der Waals surface area contributed by atoms with Crippen LogP contribution in [-0.2, 0) is 4.79 Å². The molecule has 0 saturated carbocycles. The fourth-order valence-electron chi connectivity index (χ4n) is 2.91. The molecule has 2 amide bonds. The number of hydrogen-bond acceptors (Lipinski definition) is 5. The van der Waals surface area contributed by atoms with Gasteiger partial charge in [-0.15, -0.1) is 0 Å². The second-order valence-electron chi connectivity index (χ2n) is 6.86. The molecule has 0 atom stereocenters. The Bertz CT molecular complexity index is 1050. The lowest BCUT2D eigenvalue weighted by atomic mass is 10.2. The molecule has 0 aromatic heterocycles. The predicted molar refractivity (Wildman–Crippen MR) is 124 cm³/mol. The van der Waals surface area contributed by atoms with E-state index in [1.54, 1.807) is 54.6 Å². The summed E-state index contributed by atoms with van der Waals surface area (Å²) < 4.78 is 16.4. The van der Waals surface area contributed by atoms with Crippen molar-refractivity contribution in [1.29, 1.82) is 0 Å². The molecule has 7 heteroatoms. The van der Waals surface area contributed by atoms with Crippen molar-refractivity contribution in [3.8, 4) is 17.2 Å². The van der Waals surface area contributed by atoms with E-state index in [2.05, 4.69) is 10.6 Å². The van der Waals surface area contributed by atoms with Crippen LogP contribution in [0.1, 0.15) is 23.7 Å². The summed E-state index contributed by atoms with van der Waals surface area (Å²) in [7, 11) is 1.52. The molecule has 0 heterocycles. The van der Waals surface area contributed by atoms with Gasteiger partial charge in [0.15, 0.2) is 6.61 Å². The number of carbonyl (C=O) groups is 2. The number of methoxy groups -OCH3 is 1. The van der Waals surface area contributed by atoms with E-state index < -0.39 is 0 Å². The van der Waals surface area contributed by atoms with Crippen LogP contribution < -0.4 is 24.8 Å². The van der Waals surface area contributed by atoms with Gasteiger partial charge in [-0.1, -0.05) is 31.2 Å². The molecule has 0 unspecified atom stereocenters. The van der Waals surface area contributed by atoms with Gasteiger partial charge in [-0.2, -0.15) is 0 Å². The van der Waals surface area contributed by atoms with Crippen molar-refractivity contribution in [2.75, 3.05) is 31.0 Å². The highest BCUT2D eigenvalue weighted by atomic mass is 16.5. The van der Waals surface area contributed by atoms with Gasteiger partial charge in [-0.3, -0.25) is 9.59 Å². The minimum absolute atomic E-state index is 0.158. The second kappa shape index (κ2) is 11.4. The molecule has 0 radical (unpaired) electrons. The maximum Gasteiger partial charge on any atom is 0.262 e. The summed E-state index contributed by atoms with van der Waals surface area (Å²) >= 11 is 0. The van der Waals surface area contributed by atoms with Gasteiger partial charge in [-0.05, 0) is 55.0 Å². The summed E-state index contributed by atoms with van der Waals surface area (Å²) in [5.74, 6) is 1.05. The monoisotopic (exact) mass is 434 g/mol. The molecule has 0 bridgehead atoms. The van der Waals surface area contributed by atoms with E-state index in [4.69, 9.17) is 14.2 Å². The molecule has 3 aromatic rings. The van der Waals surface area contributed by atoms with Crippen LogP contribution >= 0.6 is 0 Å². The number of rotatable bonds is 10. The first-order valence-electron chi connectivity index (χ1n) is 10.3. The summed E-state index contributed by atoms with van der Waals surface area (Å²) in [6, 6.07) is 21.0. The number of ether oxygens (including phenoxy) is 3. The molecule has 0 spiro atoms. The number of carbonyl (C=O) groups excluding carboxylic acids is 2. The first kappa shape index (κ1) is 22.7. The second-order valence-corrected chi connectivity index (χ2v) is 6.86. The topological polar surface area (TPSA) is 85.9 Å². The van der Waals surface area contributed by atoms with E-state index in [0.29, 0.717) is 40.8 Å². The van der Waals surface area contributed by atoms with Crippen LogP contribution in [-0.4, -0.2) is 32.1 Å². The lowest BCUT2D eigenvalue weighted by Gasteiger charge is -2.12. The molecule has 0 aliphatic rings. The number of hydrogen-bond donors (Lipinski definition) is 2. The van der Waals surface area contributed by atoms with Gasteiger partial charge < -0.3 is 24.8 Å². The van der Waals surface area contributed by atoms with Gasteiger partial charge in [-0.25, -0.2) is 0 Å². The summed E-state index contributed by atoms with van der Waals surface area (Å²) in [5.41, 5.74) is 1.64. The summed E-state index contributed by atoms with van der Waals surface area (Å²) in [4.78, 5) is 24.8. The van der Waals surface area contributed by atoms with Gasteiger partial charge in [0.05, 0.1) is 25.0 Å². The van der Waals surface area contributed by atoms with E-state index >= 15 is 0 Å². The molecular weight excluding hydrogens is 408 g/mol. The van der Waals surface area contributed by atoms with E-state index in [0.717, 1.165) is 6.42 Å². The fourth-order valence-corrected chi connectivity index (χ4v) is 2.91. The zero-order valence-electron chi connectivity index (χ0n) is 18.1. The van der Waals surface area contributed by atoms with Crippen molar-refractivity contribution in [1.82, 2.24) is 0 Å². The van der Waals surface area contributed by atoms with Gasteiger partial charge in [0.25, 0.3) is 11.8 Å². The van der Waals surface area contributed by atoms with Crippen LogP contribution in [0.2, 0.25) is 0 Å². The molecule has 7 nitrogen and oxygen atoms in total. The van der Waals surface area contributed by atoms with Gasteiger partial charge in [0.2, 0.25) is 0 Å². The Hall–Kier alpha value is -4.00. The van der Waals surface area contributed by atoms with E-state index in [1.165, 1.54) is 7.11 Å². The summed E-state index contributed by atoms with van der Waals surface area (Å²) in [6.07, 6.45) is 0.876. The Balaban J connectivity index is 1.53. The Morgan fingerprint density at radius 3 is 2.22 bits per heavy atom. The maximum absolute atomic E-state index is 12.5. The largest absolute Gasteiger partial charge is 0.496 e. The number of nitrogens with one attached hydrogen (secondary N) is 2. The zero-order valence-corrected chi connectivity index (χ0v) is 18.1. The van der Waals surface area contributed by atoms with Gasteiger partial charge in [0, 0.05) is 5.69 Å². The molecule has 32 heavy (non-hydrogen) atoms. The number of anilines is 2. The maximum atomic E-state index is 12.5. The van der Waals surface area contributed by atoms with E-state index in [-0.39, 0.29) is 18.4 Å². The van der Waals surface area contributed by atoms with Crippen LogP contribution in [0, 0.1) is 0 Å². The van der Waals surface area contributed by atoms with Crippen molar-refractivity contribution in [3.63, 3.8) is 0 Å². The summed E-state index contributed by atoms with van der Waals surface area (Å²) in [5, 5.41) is 5.61. The van der Waals surface area contributed by atoms with Crippen LogP contribution in [0.15, 0.2) is 72.8 Å². The predicted octanol–water partition coefficient (Wildman–Crippen LogP) is 4.75. The number of amides is 2. The van der Waals surface area contributed by atoms with Gasteiger partial charge in [0.1, 0.15) is 17.2 Å². The summed E-state index contributed by atoms with van der Waals surface area (Å²) in [6.45, 7) is 2.43. The molecular formula is C25H26N2O5. The molecule has 166 valence electrons. The van der Waals surface area contributed by atoms with E-state index in [1.807, 2.05) is 25.1 Å². The zero-order chi connectivity index (χ0) is 22.8. The van der Waals surface area contributed by atoms with Crippen molar-refractivity contribution in [3.05, 3.63) is 78.4 Å². The van der Waals surface area contributed by atoms with Crippen molar-refractivity contribution in [2.24, 2.45) is 0 Å². The normalized spacial score (nSPS) is 10.2. The third-order valence-electron chi connectivity index (χ3n) is 4.46. The Labute approximate surface area is 187 Å².